The van der Waals surface area contributed by atoms with Gasteiger partial charge in [0, 0.05) is 22.6 Å². The zero-order chi connectivity index (χ0) is 17.6. The van der Waals surface area contributed by atoms with Crippen molar-refractivity contribution in [1.82, 2.24) is 4.57 Å². The molecule has 0 fully saturated rings. The summed E-state index contributed by atoms with van der Waals surface area (Å²) in [6, 6.07) is 3.86. The predicted octanol–water partition coefficient (Wildman–Crippen LogP) is 3.34. The molecule has 0 saturated heterocycles. The maximum absolute atomic E-state index is 12.5. The number of rotatable bonds is 2. The molecule has 2 aromatic rings. The van der Waals surface area contributed by atoms with Crippen molar-refractivity contribution in [3.63, 3.8) is 0 Å². The second-order valence-corrected chi connectivity index (χ2v) is 9.27. The number of sulfonamides is 1. The van der Waals surface area contributed by atoms with Crippen LogP contribution in [0.4, 0.5) is 0 Å². The van der Waals surface area contributed by atoms with Crippen LogP contribution in [0.3, 0.4) is 0 Å². The van der Waals surface area contributed by atoms with Crippen LogP contribution in [-0.2, 0) is 22.5 Å². The van der Waals surface area contributed by atoms with Crippen LogP contribution in [0.1, 0.15) is 31.3 Å². The Morgan fingerprint density at radius 1 is 1.30 bits per heavy atom. The normalized spacial score (nSPS) is 13.6. The van der Waals surface area contributed by atoms with Crippen LogP contribution in [0.2, 0.25) is 5.02 Å². The van der Waals surface area contributed by atoms with Gasteiger partial charge in [-0.2, -0.15) is 8.42 Å². The summed E-state index contributed by atoms with van der Waals surface area (Å²) in [5.74, 6) is -0.370. The number of aromatic nitrogens is 1. The van der Waals surface area contributed by atoms with Gasteiger partial charge in [-0.25, -0.2) is 0 Å². The molecule has 1 aromatic carbocycles. The van der Waals surface area contributed by atoms with Crippen LogP contribution in [0.15, 0.2) is 27.5 Å². The number of phenolic OH excluding ortho intramolecular Hbond substituents is 1. The Labute approximate surface area is 145 Å². The molecule has 1 aromatic heterocycles. The largest absolute Gasteiger partial charge is 0.507 e. The third kappa shape index (κ3) is 3.62. The number of halogens is 1. The standard InChI is InChI=1S/C15H19ClN2O3S2/c1-9-13(15(2,3)4)22-14(18(9)5)17-23(20,21)12-8-10(16)6-7-11(12)19/h6-8,19H,1-5H3/b17-14-. The highest BCUT2D eigenvalue weighted by molar-refractivity contribution is 7.90. The molecule has 0 aliphatic rings. The van der Waals surface area contributed by atoms with E-state index < -0.39 is 10.0 Å². The molecular weight excluding hydrogens is 356 g/mol. The Morgan fingerprint density at radius 3 is 2.43 bits per heavy atom. The van der Waals surface area contributed by atoms with E-state index in [-0.39, 0.29) is 21.1 Å². The van der Waals surface area contributed by atoms with Crippen molar-refractivity contribution in [2.45, 2.75) is 38.0 Å². The third-order valence-electron chi connectivity index (χ3n) is 3.39. The Balaban J connectivity index is 2.69. The highest BCUT2D eigenvalue weighted by atomic mass is 35.5. The number of phenols is 1. The van der Waals surface area contributed by atoms with E-state index in [4.69, 9.17) is 11.6 Å². The fourth-order valence-electron chi connectivity index (χ4n) is 2.15. The maximum Gasteiger partial charge on any atom is 0.288 e. The lowest BCUT2D eigenvalue weighted by Crippen LogP contribution is -2.15. The number of aromatic hydroxyl groups is 1. The van der Waals surface area contributed by atoms with Gasteiger partial charge in [0.15, 0.2) is 0 Å². The van der Waals surface area contributed by atoms with Crippen molar-refractivity contribution >= 4 is 33.0 Å². The first kappa shape index (κ1) is 18.0. The van der Waals surface area contributed by atoms with Crippen molar-refractivity contribution < 1.29 is 13.5 Å². The first-order chi connectivity index (χ1) is 10.4. The van der Waals surface area contributed by atoms with E-state index >= 15 is 0 Å². The van der Waals surface area contributed by atoms with Crippen molar-refractivity contribution in [3.8, 4) is 5.75 Å². The minimum Gasteiger partial charge on any atom is -0.507 e. The number of hydrogen-bond donors (Lipinski definition) is 1. The van der Waals surface area contributed by atoms with Gasteiger partial charge < -0.3 is 9.67 Å². The lowest BCUT2D eigenvalue weighted by molar-refractivity contribution is 0.459. The molecule has 0 unspecified atom stereocenters. The number of hydrogen-bond acceptors (Lipinski definition) is 4. The minimum atomic E-state index is -4.06. The van der Waals surface area contributed by atoms with Crippen LogP contribution in [0, 0.1) is 6.92 Å². The van der Waals surface area contributed by atoms with Crippen molar-refractivity contribution in [1.29, 1.82) is 0 Å². The van der Waals surface area contributed by atoms with Crippen LogP contribution < -0.4 is 4.80 Å². The SMILES string of the molecule is Cc1c(C(C)(C)C)s/c(=N\S(=O)(=O)c2cc(Cl)ccc2O)n1C. The average molecular weight is 375 g/mol. The fraction of sp³-hybridized carbons (Fsp3) is 0.400. The molecule has 0 aliphatic carbocycles. The molecule has 2 rings (SSSR count). The predicted molar refractivity (Wildman–Crippen MR) is 92.6 cm³/mol. The molecule has 1 N–H and O–H groups in total. The Kier molecular flexibility index (Phi) is 4.67. The second-order valence-electron chi connectivity index (χ2n) is 6.29. The summed E-state index contributed by atoms with van der Waals surface area (Å²) in [5, 5.41) is 10.0. The van der Waals surface area contributed by atoms with Gasteiger partial charge >= 0.3 is 0 Å². The van der Waals surface area contributed by atoms with Crippen LogP contribution in [0.5, 0.6) is 5.75 Å². The summed E-state index contributed by atoms with van der Waals surface area (Å²) in [6.07, 6.45) is 0. The number of nitrogens with zero attached hydrogens (tertiary/aromatic N) is 2. The summed E-state index contributed by atoms with van der Waals surface area (Å²) in [4.78, 5) is 1.12. The zero-order valence-corrected chi connectivity index (χ0v) is 16.0. The average Bonchev–Trinajstić information content (AvgIpc) is 2.69. The van der Waals surface area contributed by atoms with Gasteiger partial charge in [-0.3, -0.25) is 0 Å². The molecule has 0 saturated carbocycles. The van der Waals surface area contributed by atoms with Gasteiger partial charge in [0.1, 0.15) is 10.6 Å². The van der Waals surface area contributed by atoms with E-state index in [9.17, 15) is 13.5 Å². The number of benzene rings is 1. The summed E-state index contributed by atoms with van der Waals surface area (Å²) >= 11 is 7.15. The molecular formula is C15H19ClN2O3S2. The highest BCUT2D eigenvalue weighted by Gasteiger charge is 2.23. The van der Waals surface area contributed by atoms with E-state index in [1.807, 2.05) is 6.92 Å². The third-order valence-corrected chi connectivity index (χ3v) is 6.70. The monoisotopic (exact) mass is 374 g/mol. The molecule has 0 radical (unpaired) electrons. The highest BCUT2D eigenvalue weighted by Crippen LogP contribution is 2.29. The first-order valence-electron chi connectivity index (χ1n) is 6.90. The Morgan fingerprint density at radius 2 is 1.91 bits per heavy atom. The fourth-order valence-corrected chi connectivity index (χ4v) is 4.91. The number of thiazole rings is 1. The van der Waals surface area contributed by atoms with Gasteiger partial charge in [0.2, 0.25) is 4.80 Å². The minimum absolute atomic E-state index is 0.109. The van der Waals surface area contributed by atoms with E-state index in [0.29, 0.717) is 4.80 Å². The van der Waals surface area contributed by atoms with Gasteiger partial charge in [0.25, 0.3) is 10.0 Å². The molecule has 1 heterocycles. The lowest BCUT2D eigenvalue weighted by atomic mass is 9.93. The topological polar surface area (TPSA) is 71.7 Å². The summed E-state index contributed by atoms with van der Waals surface area (Å²) in [6.45, 7) is 8.12. The van der Waals surface area contributed by atoms with E-state index in [1.54, 1.807) is 11.6 Å². The molecule has 0 aliphatic heterocycles. The van der Waals surface area contributed by atoms with E-state index in [0.717, 1.165) is 10.6 Å². The summed E-state index contributed by atoms with van der Waals surface area (Å²) in [7, 11) is -2.29. The van der Waals surface area contributed by atoms with Crippen molar-refractivity contribution in [2.75, 3.05) is 0 Å². The van der Waals surface area contributed by atoms with Crippen molar-refractivity contribution in [2.24, 2.45) is 11.4 Å². The molecule has 0 amide bonds. The maximum atomic E-state index is 12.5. The Hall–Kier alpha value is -1.31. The van der Waals surface area contributed by atoms with Crippen LogP contribution in [0.25, 0.3) is 0 Å². The molecule has 5 nitrogen and oxygen atoms in total. The summed E-state index contributed by atoms with van der Waals surface area (Å²) in [5.41, 5.74) is 0.856. The zero-order valence-electron chi connectivity index (χ0n) is 13.6. The molecule has 23 heavy (non-hydrogen) atoms. The van der Waals surface area contributed by atoms with Gasteiger partial charge in [-0.15, -0.1) is 15.7 Å². The van der Waals surface area contributed by atoms with E-state index in [1.165, 1.54) is 29.5 Å². The lowest BCUT2D eigenvalue weighted by Gasteiger charge is -2.17. The summed E-state index contributed by atoms with van der Waals surface area (Å²) < 4.78 is 30.6. The smallest absolute Gasteiger partial charge is 0.288 e. The first-order valence-corrected chi connectivity index (χ1v) is 9.53. The second kappa shape index (κ2) is 5.96. The Bertz CT molecular complexity index is 919. The van der Waals surface area contributed by atoms with Crippen LogP contribution in [-0.4, -0.2) is 18.1 Å². The molecule has 0 spiro atoms. The van der Waals surface area contributed by atoms with Crippen LogP contribution >= 0.6 is 22.9 Å². The van der Waals surface area contributed by atoms with Crippen molar-refractivity contribution in [3.05, 3.63) is 38.6 Å². The van der Waals surface area contributed by atoms with Gasteiger partial charge in [-0.1, -0.05) is 32.4 Å². The molecule has 0 atom stereocenters. The molecule has 126 valence electrons. The molecule has 8 heteroatoms. The quantitative estimate of drug-likeness (QED) is 0.876. The molecule has 0 bridgehead atoms. The van der Waals surface area contributed by atoms with Gasteiger partial charge in [0.05, 0.1) is 0 Å². The van der Waals surface area contributed by atoms with E-state index in [2.05, 4.69) is 25.2 Å². The van der Waals surface area contributed by atoms with Gasteiger partial charge in [-0.05, 0) is 30.5 Å².